The maximum atomic E-state index is 11.3. The van der Waals surface area contributed by atoms with Crippen LogP contribution in [0.4, 0.5) is 0 Å². The highest BCUT2D eigenvalue weighted by atomic mass is 16.4. The number of carboxylic acids is 1. The molecule has 1 aromatic carbocycles. The molecule has 1 N–H and O–H groups in total. The number of para-hydroxylation sites is 2. The normalized spacial score (nSPS) is 14.8. The van der Waals surface area contributed by atoms with Gasteiger partial charge >= 0.3 is 5.97 Å². The predicted molar refractivity (Wildman–Crippen MR) is 74.2 cm³/mol. The Hall–Kier alpha value is -1.88. The Balaban J connectivity index is 2.68. The van der Waals surface area contributed by atoms with Crippen LogP contribution in [0.15, 0.2) is 24.3 Å². The average Bonchev–Trinajstić information content (AvgIpc) is 2.75. The first-order chi connectivity index (χ1) is 8.93. The van der Waals surface area contributed by atoms with Gasteiger partial charge in [0, 0.05) is 0 Å². The van der Waals surface area contributed by atoms with Crippen molar-refractivity contribution in [2.24, 2.45) is 0 Å². The Kier molecular flexibility index (Phi) is 3.57. The largest absolute Gasteiger partial charge is 0.480 e. The summed E-state index contributed by atoms with van der Waals surface area (Å²) < 4.78 is 1.81. The van der Waals surface area contributed by atoms with Gasteiger partial charge in [-0.2, -0.15) is 0 Å². The zero-order chi connectivity index (χ0) is 14.2. The third-order valence-electron chi connectivity index (χ3n) is 3.52. The van der Waals surface area contributed by atoms with E-state index < -0.39 is 12.0 Å². The summed E-state index contributed by atoms with van der Waals surface area (Å²) in [7, 11) is 3.92. The fourth-order valence-electron chi connectivity index (χ4n) is 2.11. The molecule has 0 aliphatic carbocycles. The van der Waals surface area contributed by atoms with Crippen LogP contribution in [0.3, 0.4) is 0 Å². The molecule has 102 valence electrons. The predicted octanol–water partition coefficient (Wildman–Crippen LogP) is 2.30. The standard InChI is InChI=1S/C14H19N3O2/c1-9(16(3)4)13-15-11-7-5-6-8-12(11)17(13)10(2)14(18)19/h5-10H,1-4H3,(H,18,19). The number of nitrogens with zero attached hydrogens (tertiary/aromatic N) is 3. The summed E-state index contributed by atoms with van der Waals surface area (Å²) in [4.78, 5) is 17.9. The lowest BCUT2D eigenvalue weighted by Gasteiger charge is -2.22. The molecule has 2 aromatic rings. The highest BCUT2D eigenvalue weighted by Gasteiger charge is 2.24. The van der Waals surface area contributed by atoms with E-state index in [0.717, 1.165) is 16.9 Å². The molecular formula is C14H19N3O2. The number of imidazole rings is 1. The topological polar surface area (TPSA) is 58.4 Å². The van der Waals surface area contributed by atoms with E-state index in [1.807, 2.05) is 54.8 Å². The number of hydrogen-bond donors (Lipinski definition) is 1. The first kappa shape index (κ1) is 13.5. The molecule has 0 amide bonds. The van der Waals surface area contributed by atoms with Gasteiger partial charge in [0.2, 0.25) is 0 Å². The molecule has 1 heterocycles. The Morgan fingerprint density at radius 3 is 2.53 bits per heavy atom. The van der Waals surface area contributed by atoms with E-state index in [-0.39, 0.29) is 6.04 Å². The molecule has 2 rings (SSSR count). The minimum atomic E-state index is -0.852. The van der Waals surface area contributed by atoms with Crippen LogP contribution in [0, 0.1) is 0 Å². The van der Waals surface area contributed by atoms with Gasteiger partial charge in [-0.05, 0) is 40.1 Å². The Labute approximate surface area is 112 Å². The molecule has 5 heteroatoms. The van der Waals surface area contributed by atoms with Crippen LogP contribution in [0.25, 0.3) is 11.0 Å². The van der Waals surface area contributed by atoms with E-state index in [0.29, 0.717) is 0 Å². The number of benzene rings is 1. The van der Waals surface area contributed by atoms with Crippen molar-refractivity contribution in [2.75, 3.05) is 14.1 Å². The third kappa shape index (κ3) is 2.33. The van der Waals surface area contributed by atoms with E-state index >= 15 is 0 Å². The summed E-state index contributed by atoms with van der Waals surface area (Å²) >= 11 is 0. The molecule has 0 aliphatic rings. The van der Waals surface area contributed by atoms with Gasteiger partial charge in [0.1, 0.15) is 11.9 Å². The minimum absolute atomic E-state index is 0.0502. The molecular weight excluding hydrogens is 242 g/mol. The van der Waals surface area contributed by atoms with Gasteiger partial charge in [0.15, 0.2) is 0 Å². The van der Waals surface area contributed by atoms with Gasteiger partial charge in [-0.15, -0.1) is 0 Å². The SMILES string of the molecule is CC(c1nc2ccccc2n1C(C)C(=O)O)N(C)C. The van der Waals surface area contributed by atoms with Crippen molar-refractivity contribution >= 4 is 17.0 Å². The Bertz CT molecular complexity index is 604. The van der Waals surface area contributed by atoms with Gasteiger partial charge in [-0.3, -0.25) is 4.90 Å². The van der Waals surface area contributed by atoms with Crippen molar-refractivity contribution in [1.29, 1.82) is 0 Å². The maximum absolute atomic E-state index is 11.3. The summed E-state index contributed by atoms with van der Waals surface area (Å²) in [6.07, 6.45) is 0. The van der Waals surface area contributed by atoms with E-state index in [1.165, 1.54) is 0 Å². The van der Waals surface area contributed by atoms with Crippen molar-refractivity contribution in [1.82, 2.24) is 14.5 Å². The summed E-state index contributed by atoms with van der Waals surface area (Å²) in [5.41, 5.74) is 1.69. The second-order valence-corrected chi connectivity index (χ2v) is 4.98. The van der Waals surface area contributed by atoms with E-state index in [4.69, 9.17) is 0 Å². The summed E-state index contributed by atoms with van der Waals surface area (Å²) in [5, 5.41) is 9.30. The van der Waals surface area contributed by atoms with Crippen LogP contribution in [0.5, 0.6) is 0 Å². The van der Waals surface area contributed by atoms with E-state index in [1.54, 1.807) is 6.92 Å². The molecule has 0 bridgehead atoms. The summed E-state index contributed by atoms with van der Waals surface area (Å²) in [6, 6.07) is 7.05. The quantitative estimate of drug-likeness (QED) is 0.917. The van der Waals surface area contributed by atoms with Gasteiger partial charge in [-0.25, -0.2) is 9.78 Å². The molecule has 2 unspecified atom stereocenters. The van der Waals surface area contributed by atoms with Crippen molar-refractivity contribution in [3.8, 4) is 0 Å². The lowest BCUT2D eigenvalue weighted by molar-refractivity contribution is -0.140. The molecule has 0 saturated heterocycles. The molecule has 0 radical (unpaired) electrons. The minimum Gasteiger partial charge on any atom is -0.480 e. The van der Waals surface area contributed by atoms with E-state index in [9.17, 15) is 9.90 Å². The number of carbonyl (C=O) groups is 1. The summed E-state index contributed by atoms with van der Waals surface area (Å²) in [6.45, 7) is 3.70. The van der Waals surface area contributed by atoms with Crippen LogP contribution < -0.4 is 0 Å². The fraction of sp³-hybridized carbons (Fsp3) is 0.429. The van der Waals surface area contributed by atoms with Crippen LogP contribution in [0.1, 0.15) is 31.8 Å². The van der Waals surface area contributed by atoms with Crippen LogP contribution >= 0.6 is 0 Å². The molecule has 2 atom stereocenters. The van der Waals surface area contributed by atoms with Gasteiger partial charge in [0.05, 0.1) is 17.1 Å². The monoisotopic (exact) mass is 261 g/mol. The molecule has 1 aromatic heterocycles. The highest BCUT2D eigenvalue weighted by Crippen LogP contribution is 2.27. The zero-order valence-electron chi connectivity index (χ0n) is 11.7. The lowest BCUT2D eigenvalue weighted by atomic mass is 10.2. The Morgan fingerprint density at radius 2 is 1.95 bits per heavy atom. The first-order valence-electron chi connectivity index (χ1n) is 6.29. The van der Waals surface area contributed by atoms with Gasteiger partial charge < -0.3 is 9.67 Å². The number of hydrogen-bond acceptors (Lipinski definition) is 3. The van der Waals surface area contributed by atoms with Crippen LogP contribution in [-0.4, -0.2) is 39.6 Å². The van der Waals surface area contributed by atoms with Crippen LogP contribution in [0.2, 0.25) is 0 Å². The molecule has 5 nitrogen and oxygen atoms in total. The van der Waals surface area contributed by atoms with Gasteiger partial charge in [0.25, 0.3) is 0 Å². The summed E-state index contributed by atoms with van der Waals surface area (Å²) in [5.74, 6) is -0.0727. The number of aliphatic carboxylic acids is 1. The molecule has 0 saturated carbocycles. The van der Waals surface area contributed by atoms with Crippen molar-refractivity contribution in [2.45, 2.75) is 25.9 Å². The number of fused-ring (bicyclic) bond motifs is 1. The van der Waals surface area contributed by atoms with E-state index in [2.05, 4.69) is 4.98 Å². The second kappa shape index (κ2) is 5.01. The molecule has 0 aliphatic heterocycles. The third-order valence-corrected chi connectivity index (χ3v) is 3.52. The number of carboxylic acid groups (broad SMARTS) is 1. The number of aromatic nitrogens is 2. The second-order valence-electron chi connectivity index (χ2n) is 4.98. The fourth-order valence-corrected chi connectivity index (χ4v) is 2.11. The Morgan fingerprint density at radius 1 is 1.32 bits per heavy atom. The van der Waals surface area contributed by atoms with Crippen LogP contribution in [-0.2, 0) is 4.79 Å². The van der Waals surface area contributed by atoms with Crippen molar-refractivity contribution in [3.05, 3.63) is 30.1 Å². The molecule has 0 fully saturated rings. The number of rotatable bonds is 4. The first-order valence-corrected chi connectivity index (χ1v) is 6.29. The van der Waals surface area contributed by atoms with Crippen molar-refractivity contribution in [3.63, 3.8) is 0 Å². The van der Waals surface area contributed by atoms with Gasteiger partial charge in [-0.1, -0.05) is 12.1 Å². The smallest absolute Gasteiger partial charge is 0.326 e. The zero-order valence-corrected chi connectivity index (χ0v) is 11.7. The molecule has 0 spiro atoms. The lowest BCUT2D eigenvalue weighted by Crippen LogP contribution is -2.24. The maximum Gasteiger partial charge on any atom is 0.326 e. The average molecular weight is 261 g/mol. The van der Waals surface area contributed by atoms with Crippen molar-refractivity contribution < 1.29 is 9.90 Å². The molecule has 19 heavy (non-hydrogen) atoms. The highest BCUT2D eigenvalue weighted by molar-refractivity contribution is 5.80.